The van der Waals surface area contributed by atoms with Gasteiger partial charge in [0.2, 0.25) is 0 Å². The predicted molar refractivity (Wildman–Crippen MR) is 109 cm³/mol. The van der Waals surface area contributed by atoms with E-state index in [4.69, 9.17) is 21.1 Å². The fourth-order valence-electron chi connectivity index (χ4n) is 3.00. The highest BCUT2D eigenvalue weighted by molar-refractivity contribution is 6.32. The molecule has 152 valence electrons. The third-order valence-corrected chi connectivity index (χ3v) is 4.64. The Morgan fingerprint density at radius 3 is 2.59 bits per heavy atom. The van der Waals surface area contributed by atoms with E-state index < -0.39 is 5.91 Å². The second-order valence-corrected chi connectivity index (χ2v) is 6.56. The van der Waals surface area contributed by atoms with E-state index >= 15 is 0 Å². The molecule has 0 bridgehead atoms. The topological polar surface area (TPSA) is 94.5 Å². The van der Waals surface area contributed by atoms with Crippen LogP contribution in [0.5, 0.6) is 11.5 Å². The van der Waals surface area contributed by atoms with Crippen molar-refractivity contribution in [1.82, 2.24) is 20.4 Å². The number of halogens is 1. The lowest BCUT2D eigenvalue weighted by Crippen LogP contribution is -2.43. The van der Waals surface area contributed by atoms with E-state index in [0.717, 1.165) is 16.9 Å². The Bertz CT molecular complexity index is 1060. The fourth-order valence-corrected chi connectivity index (χ4v) is 3.29. The number of nitrogens with one attached hydrogen (secondary N) is 2. The van der Waals surface area contributed by atoms with Gasteiger partial charge in [-0.2, -0.15) is 0 Å². The van der Waals surface area contributed by atoms with Crippen LogP contribution < -0.4 is 20.3 Å². The van der Waals surface area contributed by atoms with Crippen molar-refractivity contribution in [3.8, 4) is 11.5 Å². The van der Waals surface area contributed by atoms with Gasteiger partial charge in [0.05, 0.1) is 30.3 Å². The summed E-state index contributed by atoms with van der Waals surface area (Å²) in [6.45, 7) is 1.99. The Kier molecular flexibility index (Phi) is 6.23. The van der Waals surface area contributed by atoms with Crippen LogP contribution in [0.15, 0.2) is 36.4 Å². The number of fused-ring (bicyclic) bond motifs is 1. The Balaban J connectivity index is 1.70. The number of aryl methyl sites for hydroxylation is 1. The van der Waals surface area contributed by atoms with Crippen molar-refractivity contribution in [2.24, 2.45) is 0 Å². The number of amides is 2. The summed E-state index contributed by atoms with van der Waals surface area (Å²) in [7, 11) is 2.90. The highest BCUT2D eigenvalue weighted by Gasteiger charge is 2.17. The Labute approximate surface area is 172 Å². The van der Waals surface area contributed by atoms with Crippen LogP contribution in [0.1, 0.15) is 23.1 Å². The number of nitrogens with zero attached hydrogens (tertiary/aromatic N) is 2. The monoisotopic (exact) mass is 416 g/mol. The summed E-state index contributed by atoms with van der Waals surface area (Å²) in [6.07, 6.45) is 0.679. The zero-order valence-electron chi connectivity index (χ0n) is 16.3. The van der Waals surface area contributed by atoms with Gasteiger partial charge in [0.1, 0.15) is 12.4 Å². The van der Waals surface area contributed by atoms with Crippen LogP contribution in [0.25, 0.3) is 11.0 Å². The molecule has 0 unspecified atom stereocenters. The normalized spacial score (nSPS) is 10.6. The van der Waals surface area contributed by atoms with Crippen LogP contribution in [0.3, 0.4) is 0 Å². The molecule has 0 aliphatic heterocycles. The molecule has 0 atom stereocenters. The zero-order chi connectivity index (χ0) is 21.0. The second kappa shape index (κ2) is 8.83. The summed E-state index contributed by atoms with van der Waals surface area (Å²) in [6, 6.07) is 10.5. The number of carbonyl (C=O) groups is 2. The summed E-state index contributed by atoms with van der Waals surface area (Å²) in [5.74, 6) is 0.511. The number of para-hydroxylation sites is 2. The lowest BCUT2D eigenvalue weighted by Gasteiger charge is -2.13. The number of benzene rings is 2. The van der Waals surface area contributed by atoms with Crippen molar-refractivity contribution in [2.75, 3.05) is 14.2 Å². The van der Waals surface area contributed by atoms with Gasteiger partial charge in [-0.3, -0.25) is 20.4 Å². The minimum absolute atomic E-state index is 0.0245. The van der Waals surface area contributed by atoms with E-state index in [-0.39, 0.29) is 23.0 Å². The second-order valence-electron chi connectivity index (χ2n) is 6.15. The molecule has 29 heavy (non-hydrogen) atoms. The van der Waals surface area contributed by atoms with Gasteiger partial charge in [0, 0.05) is 12.0 Å². The molecule has 0 radical (unpaired) electrons. The van der Waals surface area contributed by atoms with E-state index in [0.29, 0.717) is 17.9 Å². The van der Waals surface area contributed by atoms with Crippen LogP contribution >= 0.6 is 11.6 Å². The third-order valence-electron chi connectivity index (χ3n) is 4.36. The average molecular weight is 417 g/mol. The molecule has 0 fully saturated rings. The van der Waals surface area contributed by atoms with Gasteiger partial charge < -0.3 is 14.0 Å². The number of imidazole rings is 1. The third kappa shape index (κ3) is 4.27. The van der Waals surface area contributed by atoms with E-state index in [2.05, 4.69) is 15.8 Å². The summed E-state index contributed by atoms with van der Waals surface area (Å²) in [5, 5.41) is 0.223. The molecule has 0 saturated carbocycles. The Morgan fingerprint density at radius 2 is 1.90 bits per heavy atom. The van der Waals surface area contributed by atoms with Gasteiger partial charge in [-0.1, -0.05) is 30.7 Å². The maximum absolute atomic E-state index is 12.4. The molecule has 8 nitrogen and oxygen atoms in total. The lowest BCUT2D eigenvalue weighted by molar-refractivity contribution is -0.122. The predicted octanol–water partition coefficient (Wildman–Crippen LogP) is 2.73. The number of methoxy groups -OCH3 is 2. The summed E-state index contributed by atoms with van der Waals surface area (Å²) >= 11 is 6.12. The van der Waals surface area contributed by atoms with Gasteiger partial charge >= 0.3 is 0 Å². The summed E-state index contributed by atoms with van der Waals surface area (Å²) in [4.78, 5) is 29.3. The number of carbonyl (C=O) groups excluding carboxylic acids is 2. The van der Waals surface area contributed by atoms with Gasteiger partial charge in [0.15, 0.2) is 11.5 Å². The number of rotatable bonds is 6. The van der Waals surface area contributed by atoms with E-state index in [9.17, 15) is 9.59 Å². The minimum atomic E-state index is -0.535. The largest absolute Gasteiger partial charge is 0.493 e. The molecule has 0 spiro atoms. The quantitative estimate of drug-likeness (QED) is 0.602. The molecular weight excluding hydrogens is 396 g/mol. The maximum atomic E-state index is 12.4. The first-order chi connectivity index (χ1) is 14.0. The van der Waals surface area contributed by atoms with Crippen molar-refractivity contribution in [3.05, 3.63) is 52.8 Å². The maximum Gasteiger partial charge on any atom is 0.269 e. The zero-order valence-corrected chi connectivity index (χ0v) is 17.0. The molecule has 0 aliphatic carbocycles. The summed E-state index contributed by atoms with van der Waals surface area (Å²) < 4.78 is 12.2. The molecule has 1 aromatic heterocycles. The highest BCUT2D eigenvalue weighted by Crippen LogP contribution is 2.35. The van der Waals surface area contributed by atoms with Gasteiger partial charge in [0.25, 0.3) is 11.8 Å². The van der Waals surface area contributed by atoms with Crippen LogP contribution in [0.4, 0.5) is 0 Å². The molecule has 2 aromatic carbocycles. The van der Waals surface area contributed by atoms with E-state index in [1.807, 2.05) is 35.8 Å². The number of hydrazine groups is 1. The molecule has 0 saturated heterocycles. The average Bonchev–Trinajstić information content (AvgIpc) is 3.08. The minimum Gasteiger partial charge on any atom is -0.493 e. The van der Waals surface area contributed by atoms with Crippen molar-refractivity contribution < 1.29 is 19.1 Å². The van der Waals surface area contributed by atoms with Gasteiger partial charge in [-0.15, -0.1) is 0 Å². The number of aromatic nitrogens is 2. The highest BCUT2D eigenvalue weighted by atomic mass is 35.5. The molecular formula is C20H21ClN4O4. The SMILES string of the molecule is CCc1nc2ccccc2n1CC(=O)NNC(=O)c1cc(Cl)c(OC)c(OC)c1. The van der Waals surface area contributed by atoms with Crippen LogP contribution in [0, 0.1) is 0 Å². The Hall–Kier alpha value is -3.26. The van der Waals surface area contributed by atoms with Crippen LogP contribution in [0.2, 0.25) is 5.02 Å². The molecule has 1 heterocycles. The molecule has 0 aliphatic rings. The molecule has 2 amide bonds. The fraction of sp³-hybridized carbons (Fsp3) is 0.250. The lowest BCUT2D eigenvalue weighted by atomic mass is 10.2. The molecule has 2 N–H and O–H groups in total. The van der Waals surface area contributed by atoms with Gasteiger partial charge in [-0.05, 0) is 24.3 Å². The number of ether oxygens (including phenoxy) is 2. The Morgan fingerprint density at radius 1 is 1.14 bits per heavy atom. The van der Waals surface area contributed by atoms with Crippen LogP contribution in [-0.2, 0) is 17.8 Å². The molecule has 3 rings (SSSR count). The van der Waals surface area contributed by atoms with Crippen LogP contribution in [-0.4, -0.2) is 35.6 Å². The van der Waals surface area contributed by atoms with Crippen molar-refractivity contribution in [2.45, 2.75) is 19.9 Å². The van der Waals surface area contributed by atoms with E-state index in [1.165, 1.54) is 26.4 Å². The number of hydrogen-bond donors (Lipinski definition) is 2. The van der Waals surface area contributed by atoms with Gasteiger partial charge in [-0.25, -0.2) is 4.98 Å². The standard InChI is InChI=1S/C20H21ClN4O4/c1-4-17-22-14-7-5-6-8-15(14)25(17)11-18(26)23-24-20(27)12-9-13(21)19(29-3)16(10-12)28-2/h5-10H,4,11H2,1-3H3,(H,23,26)(H,24,27). The van der Waals surface area contributed by atoms with E-state index in [1.54, 1.807) is 0 Å². The van der Waals surface area contributed by atoms with Crippen molar-refractivity contribution in [3.63, 3.8) is 0 Å². The molecule has 3 aromatic rings. The smallest absolute Gasteiger partial charge is 0.269 e. The first-order valence-electron chi connectivity index (χ1n) is 8.93. The van der Waals surface area contributed by atoms with Crippen molar-refractivity contribution >= 4 is 34.4 Å². The number of hydrogen-bond acceptors (Lipinski definition) is 5. The molecule has 9 heteroatoms. The first kappa shape index (κ1) is 20.5. The first-order valence-corrected chi connectivity index (χ1v) is 9.31. The van der Waals surface area contributed by atoms with Crippen molar-refractivity contribution in [1.29, 1.82) is 0 Å². The summed E-state index contributed by atoms with van der Waals surface area (Å²) in [5.41, 5.74) is 6.70.